The van der Waals surface area contributed by atoms with Gasteiger partial charge >= 0.3 is 0 Å². The number of aliphatic hydroxyl groups excluding tert-OH is 1. The molecule has 0 saturated heterocycles. The van der Waals surface area contributed by atoms with E-state index in [2.05, 4.69) is 20.8 Å². The molecule has 0 radical (unpaired) electrons. The Kier molecular flexibility index (Phi) is 4.00. The van der Waals surface area contributed by atoms with Gasteiger partial charge in [-0.2, -0.15) is 0 Å². The van der Waals surface area contributed by atoms with E-state index in [1.807, 2.05) is 4.90 Å². The van der Waals surface area contributed by atoms with E-state index in [0.29, 0.717) is 24.4 Å². The van der Waals surface area contributed by atoms with Gasteiger partial charge in [0.2, 0.25) is 5.91 Å². The van der Waals surface area contributed by atoms with Crippen LogP contribution in [-0.4, -0.2) is 35.1 Å². The number of hydrogen-bond acceptors (Lipinski definition) is 2. The molecule has 0 aliphatic heterocycles. The van der Waals surface area contributed by atoms with Crippen LogP contribution in [0.1, 0.15) is 52.9 Å². The Labute approximate surface area is 111 Å². The Hall–Kier alpha value is -0.570. The molecule has 2 unspecified atom stereocenters. The minimum atomic E-state index is 0.0912. The van der Waals surface area contributed by atoms with Crippen LogP contribution in [0.4, 0.5) is 0 Å². The van der Waals surface area contributed by atoms with Crippen LogP contribution in [-0.2, 0) is 4.79 Å². The molecule has 0 aromatic heterocycles. The van der Waals surface area contributed by atoms with Crippen LogP contribution in [0.5, 0.6) is 0 Å². The van der Waals surface area contributed by atoms with Crippen molar-refractivity contribution in [2.75, 3.05) is 13.2 Å². The zero-order valence-electron chi connectivity index (χ0n) is 12.0. The normalized spacial score (nSPS) is 31.1. The van der Waals surface area contributed by atoms with Gasteiger partial charge in [0.1, 0.15) is 0 Å². The molecule has 1 N–H and O–H groups in total. The van der Waals surface area contributed by atoms with E-state index in [0.717, 1.165) is 25.7 Å². The molecule has 0 heterocycles. The van der Waals surface area contributed by atoms with Crippen molar-refractivity contribution in [3.63, 3.8) is 0 Å². The van der Waals surface area contributed by atoms with Gasteiger partial charge in [-0.3, -0.25) is 4.79 Å². The molecule has 3 heteroatoms. The number of rotatable bonds is 4. The first-order valence-corrected chi connectivity index (χ1v) is 7.34. The highest BCUT2D eigenvalue weighted by molar-refractivity contribution is 5.79. The average Bonchev–Trinajstić information content (AvgIpc) is 3.06. The van der Waals surface area contributed by atoms with E-state index in [4.69, 9.17) is 5.11 Å². The summed E-state index contributed by atoms with van der Waals surface area (Å²) in [4.78, 5) is 14.6. The number of nitrogens with zero attached hydrogens (tertiary/aromatic N) is 1. The van der Waals surface area contributed by atoms with Crippen LogP contribution in [0, 0.1) is 17.3 Å². The molecular formula is C15H27NO2. The van der Waals surface area contributed by atoms with Gasteiger partial charge in [0.15, 0.2) is 0 Å². The Morgan fingerprint density at radius 1 is 1.33 bits per heavy atom. The van der Waals surface area contributed by atoms with Gasteiger partial charge in [0.05, 0.1) is 6.61 Å². The zero-order valence-corrected chi connectivity index (χ0v) is 12.0. The first-order chi connectivity index (χ1) is 8.43. The molecule has 2 atom stereocenters. The SMILES string of the molecule is CC1CC(C(=O)N(CCO)C2CC2)CC(C)(C)C1. The molecule has 2 fully saturated rings. The summed E-state index contributed by atoms with van der Waals surface area (Å²) in [7, 11) is 0. The zero-order chi connectivity index (χ0) is 13.3. The topological polar surface area (TPSA) is 40.5 Å². The van der Waals surface area contributed by atoms with E-state index >= 15 is 0 Å². The predicted octanol–water partition coefficient (Wildman–Crippen LogP) is 2.43. The number of amides is 1. The molecule has 18 heavy (non-hydrogen) atoms. The quantitative estimate of drug-likeness (QED) is 0.836. The van der Waals surface area contributed by atoms with Crippen molar-refractivity contribution in [2.45, 2.75) is 58.9 Å². The second kappa shape index (κ2) is 5.20. The molecule has 1 amide bonds. The second-order valence-corrected chi connectivity index (χ2v) is 7.10. The van der Waals surface area contributed by atoms with Crippen molar-refractivity contribution in [1.29, 1.82) is 0 Å². The van der Waals surface area contributed by atoms with Crippen molar-refractivity contribution in [3.05, 3.63) is 0 Å². The number of hydrogen-bond donors (Lipinski definition) is 1. The fourth-order valence-electron chi connectivity index (χ4n) is 3.74. The Morgan fingerprint density at radius 3 is 2.50 bits per heavy atom. The van der Waals surface area contributed by atoms with Gasteiger partial charge in [-0.1, -0.05) is 20.8 Å². The first-order valence-electron chi connectivity index (χ1n) is 7.34. The van der Waals surface area contributed by atoms with Gasteiger partial charge < -0.3 is 10.0 Å². The van der Waals surface area contributed by atoms with Crippen LogP contribution >= 0.6 is 0 Å². The minimum Gasteiger partial charge on any atom is -0.395 e. The summed E-state index contributed by atoms with van der Waals surface area (Å²) in [6, 6.07) is 0.421. The fourth-order valence-corrected chi connectivity index (χ4v) is 3.74. The monoisotopic (exact) mass is 253 g/mol. The van der Waals surface area contributed by atoms with Crippen LogP contribution in [0.25, 0.3) is 0 Å². The second-order valence-electron chi connectivity index (χ2n) is 7.10. The van der Waals surface area contributed by atoms with E-state index in [1.165, 1.54) is 6.42 Å². The summed E-state index contributed by atoms with van der Waals surface area (Å²) in [5.74, 6) is 1.11. The number of aliphatic hydroxyl groups is 1. The van der Waals surface area contributed by atoms with Crippen LogP contribution in [0.2, 0.25) is 0 Å². The summed E-state index contributed by atoms with van der Waals surface area (Å²) in [5, 5.41) is 9.12. The molecule has 2 aliphatic rings. The average molecular weight is 253 g/mol. The van der Waals surface area contributed by atoms with Crippen molar-refractivity contribution < 1.29 is 9.90 Å². The molecule has 0 aromatic carbocycles. The van der Waals surface area contributed by atoms with Gasteiger partial charge in [-0.05, 0) is 43.4 Å². The number of carbonyl (C=O) groups excluding carboxylic acids is 1. The van der Waals surface area contributed by atoms with E-state index in [-0.39, 0.29) is 17.9 Å². The van der Waals surface area contributed by atoms with Gasteiger partial charge in [-0.25, -0.2) is 0 Å². The highest BCUT2D eigenvalue weighted by Crippen LogP contribution is 2.43. The fraction of sp³-hybridized carbons (Fsp3) is 0.933. The summed E-state index contributed by atoms with van der Waals surface area (Å²) in [6.07, 6.45) is 5.50. The maximum absolute atomic E-state index is 12.6. The lowest BCUT2D eigenvalue weighted by atomic mass is 9.67. The maximum Gasteiger partial charge on any atom is 0.226 e. The molecule has 0 bridgehead atoms. The lowest BCUT2D eigenvalue weighted by Crippen LogP contribution is -2.43. The third-order valence-corrected chi connectivity index (χ3v) is 4.35. The molecule has 2 rings (SSSR count). The first kappa shape index (κ1) is 13.9. The molecule has 2 aliphatic carbocycles. The summed E-state index contributed by atoms with van der Waals surface area (Å²) in [5.41, 5.74) is 0.284. The van der Waals surface area contributed by atoms with Crippen LogP contribution in [0.15, 0.2) is 0 Å². The van der Waals surface area contributed by atoms with Crippen molar-refractivity contribution in [3.8, 4) is 0 Å². The number of carbonyl (C=O) groups is 1. The van der Waals surface area contributed by atoms with Gasteiger partial charge in [0, 0.05) is 18.5 Å². The Bertz CT molecular complexity index is 310. The highest BCUT2D eigenvalue weighted by Gasteiger charge is 2.40. The molecule has 3 nitrogen and oxygen atoms in total. The molecule has 0 aromatic rings. The minimum absolute atomic E-state index is 0.0912. The summed E-state index contributed by atoms with van der Waals surface area (Å²) in [6.45, 7) is 7.42. The molecular weight excluding hydrogens is 226 g/mol. The lowest BCUT2D eigenvalue weighted by Gasteiger charge is -2.40. The van der Waals surface area contributed by atoms with E-state index in [9.17, 15) is 4.79 Å². The third kappa shape index (κ3) is 3.25. The molecule has 0 spiro atoms. The predicted molar refractivity (Wildman–Crippen MR) is 72.1 cm³/mol. The van der Waals surface area contributed by atoms with E-state index in [1.54, 1.807) is 0 Å². The maximum atomic E-state index is 12.6. The van der Waals surface area contributed by atoms with E-state index < -0.39 is 0 Å². The summed E-state index contributed by atoms with van der Waals surface area (Å²) < 4.78 is 0. The smallest absolute Gasteiger partial charge is 0.226 e. The van der Waals surface area contributed by atoms with Crippen LogP contribution < -0.4 is 0 Å². The molecule has 2 saturated carbocycles. The van der Waals surface area contributed by atoms with Crippen molar-refractivity contribution in [1.82, 2.24) is 4.90 Å². The Morgan fingerprint density at radius 2 is 2.00 bits per heavy atom. The molecule has 104 valence electrons. The third-order valence-electron chi connectivity index (χ3n) is 4.35. The highest BCUT2D eigenvalue weighted by atomic mass is 16.3. The Balaban J connectivity index is 2.02. The summed E-state index contributed by atoms with van der Waals surface area (Å²) >= 11 is 0. The largest absolute Gasteiger partial charge is 0.395 e. The van der Waals surface area contributed by atoms with Gasteiger partial charge in [0.25, 0.3) is 0 Å². The van der Waals surface area contributed by atoms with Gasteiger partial charge in [-0.15, -0.1) is 0 Å². The lowest BCUT2D eigenvalue weighted by molar-refractivity contribution is -0.139. The van der Waals surface area contributed by atoms with Crippen molar-refractivity contribution >= 4 is 5.91 Å². The van der Waals surface area contributed by atoms with Crippen LogP contribution in [0.3, 0.4) is 0 Å². The van der Waals surface area contributed by atoms with Crippen molar-refractivity contribution in [2.24, 2.45) is 17.3 Å². The standard InChI is InChI=1S/C15H27NO2/c1-11-8-12(10-15(2,3)9-11)14(18)16(6-7-17)13-4-5-13/h11-13,17H,4-10H2,1-3H3.